The molecule has 0 aliphatic heterocycles. The molecular weight excluding hydrogens is 257 g/mol. The number of hydrogen-bond donors (Lipinski definition) is 1. The third-order valence-corrected chi connectivity index (χ3v) is 5.25. The lowest BCUT2D eigenvalue weighted by atomic mass is 10.0. The van der Waals surface area contributed by atoms with E-state index in [1.807, 2.05) is 23.9 Å². The quantitative estimate of drug-likeness (QED) is 0.821. The molecule has 19 heavy (non-hydrogen) atoms. The Morgan fingerprint density at radius 2 is 2.00 bits per heavy atom. The van der Waals surface area contributed by atoms with Gasteiger partial charge in [-0.25, -0.2) is 4.39 Å². The Balaban J connectivity index is 1.94. The fourth-order valence-electron chi connectivity index (χ4n) is 2.73. The van der Waals surface area contributed by atoms with E-state index >= 15 is 0 Å². The van der Waals surface area contributed by atoms with Crippen LogP contribution in [0.4, 0.5) is 4.39 Å². The van der Waals surface area contributed by atoms with Gasteiger partial charge in [-0.1, -0.05) is 44.4 Å². The molecule has 2 rings (SSSR count). The fourth-order valence-corrected chi connectivity index (χ4v) is 4.16. The van der Waals surface area contributed by atoms with Crippen LogP contribution in [0.2, 0.25) is 0 Å². The molecule has 0 radical (unpaired) electrons. The van der Waals surface area contributed by atoms with Crippen LogP contribution >= 0.6 is 11.8 Å². The van der Waals surface area contributed by atoms with Crippen molar-refractivity contribution in [3.8, 4) is 0 Å². The van der Waals surface area contributed by atoms with Crippen LogP contribution in [-0.4, -0.2) is 17.5 Å². The van der Waals surface area contributed by atoms with Gasteiger partial charge in [0.2, 0.25) is 0 Å². The topological polar surface area (TPSA) is 12.0 Å². The van der Waals surface area contributed by atoms with Crippen molar-refractivity contribution in [1.29, 1.82) is 0 Å². The summed E-state index contributed by atoms with van der Waals surface area (Å²) in [5.74, 6) is 0.886. The standard InChI is InChI=1S/C16H24FNS/c1-2-18-16(14-10-6-7-11-15(14)17)12-19-13-8-4-3-5-9-13/h6-7,10-11,13,16,18H,2-5,8-9,12H2,1H3. The number of halogens is 1. The van der Waals surface area contributed by atoms with Crippen molar-refractivity contribution in [1.82, 2.24) is 5.32 Å². The molecule has 1 N–H and O–H groups in total. The van der Waals surface area contributed by atoms with Crippen LogP contribution in [0.3, 0.4) is 0 Å². The summed E-state index contributed by atoms with van der Waals surface area (Å²) in [6.07, 6.45) is 6.79. The minimum absolute atomic E-state index is 0.0855. The summed E-state index contributed by atoms with van der Waals surface area (Å²) in [4.78, 5) is 0. The zero-order chi connectivity index (χ0) is 13.5. The van der Waals surface area contributed by atoms with Gasteiger partial charge in [0, 0.05) is 22.6 Å². The summed E-state index contributed by atoms with van der Waals surface area (Å²) >= 11 is 2.02. The molecule has 0 saturated heterocycles. The Morgan fingerprint density at radius 1 is 1.26 bits per heavy atom. The highest BCUT2D eigenvalue weighted by molar-refractivity contribution is 7.99. The van der Waals surface area contributed by atoms with E-state index in [9.17, 15) is 4.39 Å². The van der Waals surface area contributed by atoms with Crippen molar-refractivity contribution in [3.63, 3.8) is 0 Å². The molecular formula is C16H24FNS. The average molecular weight is 281 g/mol. The molecule has 1 aromatic carbocycles. The first-order valence-corrected chi connectivity index (χ1v) is 8.45. The molecule has 1 atom stereocenters. The van der Waals surface area contributed by atoms with Crippen molar-refractivity contribution in [3.05, 3.63) is 35.6 Å². The third-order valence-electron chi connectivity index (χ3n) is 3.78. The molecule has 1 aromatic rings. The zero-order valence-corrected chi connectivity index (χ0v) is 12.5. The Hall–Kier alpha value is -0.540. The molecule has 1 saturated carbocycles. The lowest BCUT2D eigenvalue weighted by Crippen LogP contribution is -2.25. The van der Waals surface area contributed by atoms with Gasteiger partial charge in [0.15, 0.2) is 0 Å². The SMILES string of the molecule is CCNC(CSC1CCCCC1)c1ccccc1F. The summed E-state index contributed by atoms with van der Waals surface area (Å²) in [5, 5.41) is 4.20. The Kier molecular flexibility index (Phi) is 6.18. The van der Waals surface area contributed by atoms with Gasteiger partial charge in [-0.05, 0) is 25.5 Å². The minimum Gasteiger partial charge on any atom is -0.309 e. The number of rotatable bonds is 6. The van der Waals surface area contributed by atoms with Crippen LogP contribution in [0.25, 0.3) is 0 Å². The first-order chi connectivity index (χ1) is 9.31. The molecule has 0 amide bonds. The van der Waals surface area contributed by atoms with E-state index in [1.54, 1.807) is 12.1 Å². The van der Waals surface area contributed by atoms with Crippen LogP contribution in [0, 0.1) is 5.82 Å². The third kappa shape index (κ3) is 4.50. The van der Waals surface area contributed by atoms with Gasteiger partial charge in [0.25, 0.3) is 0 Å². The van der Waals surface area contributed by atoms with Gasteiger partial charge >= 0.3 is 0 Å². The van der Waals surface area contributed by atoms with E-state index in [0.29, 0.717) is 0 Å². The fraction of sp³-hybridized carbons (Fsp3) is 0.625. The smallest absolute Gasteiger partial charge is 0.128 e. The Morgan fingerprint density at radius 3 is 2.68 bits per heavy atom. The number of benzene rings is 1. The molecule has 1 fully saturated rings. The summed E-state index contributed by atoms with van der Waals surface area (Å²) in [6.45, 7) is 2.96. The molecule has 106 valence electrons. The number of thioether (sulfide) groups is 1. The lowest BCUT2D eigenvalue weighted by molar-refractivity contribution is 0.512. The molecule has 1 aliphatic carbocycles. The van der Waals surface area contributed by atoms with Gasteiger partial charge in [0.05, 0.1) is 0 Å². The Bertz CT molecular complexity index is 377. The number of nitrogens with one attached hydrogen (secondary N) is 1. The molecule has 0 spiro atoms. The van der Waals surface area contributed by atoms with Gasteiger partial charge in [-0.2, -0.15) is 11.8 Å². The predicted molar refractivity (Wildman–Crippen MR) is 82.1 cm³/mol. The van der Waals surface area contributed by atoms with Crippen molar-refractivity contribution >= 4 is 11.8 Å². The van der Waals surface area contributed by atoms with Crippen molar-refractivity contribution in [2.24, 2.45) is 0 Å². The van der Waals surface area contributed by atoms with Crippen molar-refractivity contribution in [2.75, 3.05) is 12.3 Å². The van der Waals surface area contributed by atoms with Crippen LogP contribution in [0.1, 0.15) is 50.6 Å². The van der Waals surface area contributed by atoms with Gasteiger partial charge in [0.1, 0.15) is 5.82 Å². The van der Waals surface area contributed by atoms with Crippen molar-refractivity contribution < 1.29 is 4.39 Å². The van der Waals surface area contributed by atoms with Crippen LogP contribution in [0.15, 0.2) is 24.3 Å². The van der Waals surface area contributed by atoms with E-state index in [4.69, 9.17) is 0 Å². The van der Waals surface area contributed by atoms with Crippen LogP contribution in [0.5, 0.6) is 0 Å². The molecule has 0 heterocycles. The normalized spacial score (nSPS) is 18.4. The average Bonchev–Trinajstić information content (AvgIpc) is 2.45. The molecule has 1 aliphatic rings. The second-order valence-electron chi connectivity index (χ2n) is 5.23. The molecule has 1 unspecified atom stereocenters. The van der Waals surface area contributed by atoms with Gasteiger partial charge in [-0.15, -0.1) is 0 Å². The van der Waals surface area contributed by atoms with E-state index < -0.39 is 0 Å². The summed E-state index contributed by atoms with van der Waals surface area (Å²) in [6, 6.07) is 7.29. The number of hydrogen-bond acceptors (Lipinski definition) is 2. The first kappa shape index (κ1) is 14.9. The Labute approximate surface area is 120 Å². The van der Waals surface area contributed by atoms with Gasteiger partial charge in [-0.3, -0.25) is 0 Å². The van der Waals surface area contributed by atoms with Gasteiger partial charge < -0.3 is 5.32 Å². The molecule has 0 bridgehead atoms. The van der Waals surface area contributed by atoms with E-state index in [1.165, 1.54) is 32.1 Å². The highest BCUT2D eigenvalue weighted by Gasteiger charge is 2.19. The summed E-state index contributed by atoms with van der Waals surface area (Å²) in [5.41, 5.74) is 0.813. The molecule has 3 heteroatoms. The lowest BCUT2D eigenvalue weighted by Gasteiger charge is -2.25. The first-order valence-electron chi connectivity index (χ1n) is 7.40. The minimum atomic E-state index is -0.0855. The van der Waals surface area contributed by atoms with E-state index in [-0.39, 0.29) is 11.9 Å². The molecule has 1 nitrogen and oxygen atoms in total. The van der Waals surface area contributed by atoms with Crippen molar-refractivity contribution in [2.45, 2.75) is 50.3 Å². The maximum absolute atomic E-state index is 13.9. The maximum atomic E-state index is 13.9. The largest absolute Gasteiger partial charge is 0.309 e. The zero-order valence-electron chi connectivity index (χ0n) is 11.7. The van der Waals surface area contributed by atoms with Crippen LogP contribution in [-0.2, 0) is 0 Å². The summed E-state index contributed by atoms with van der Waals surface area (Å²) in [7, 11) is 0. The van der Waals surface area contributed by atoms with E-state index in [2.05, 4.69) is 12.2 Å². The van der Waals surface area contributed by atoms with E-state index in [0.717, 1.165) is 23.1 Å². The monoisotopic (exact) mass is 281 g/mol. The predicted octanol–water partition coefficient (Wildman–Crippen LogP) is 4.54. The van der Waals surface area contributed by atoms with Crippen LogP contribution < -0.4 is 5.32 Å². The highest BCUT2D eigenvalue weighted by Crippen LogP contribution is 2.31. The second-order valence-corrected chi connectivity index (χ2v) is 6.56. The summed E-state index contributed by atoms with van der Waals surface area (Å²) < 4.78 is 13.9. The second kappa shape index (κ2) is 7.91. The molecule has 0 aromatic heterocycles. The maximum Gasteiger partial charge on any atom is 0.128 e. The highest BCUT2D eigenvalue weighted by atomic mass is 32.2.